The van der Waals surface area contributed by atoms with E-state index in [9.17, 15) is 21.6 Å². The van der Waals surface area contributed by atoms with Gasteiger partial charge >= 0.3 is 0 Å². The first-order valence-electron chi connectivity index (χ1n) is 8.37. The lowest BCUT2D eigenvalue weighted by atomic mass is 10.00. The summed E-state index contributed by atoms with van der Waals surface area (Å²) in [5.74, 6) is -4.85. The average molecular weight is 396 g/mol. The van der Waals surface area contributed by atoms with Crippen LogP contribution in [0.4, 0.5) is 13.2 Å². The highest BCUT2D eigenvalue weighted by Gasteiger charge is 2.35. The van der Waals surface area contributed by atoms with Gasteiger partial charge in [0.25, 0.3) is 0 Å². The predicted molar refractivity (Wildman–Crippen MR) is 91.1 cm³/mol. The Kier molecular flexibility index (Phi) is 4.43. The molecule has 142 valence electrons. The van der Waals surface area contributed by atoms with E-state index >= 15 is 0 Å². The van der Waals surface area contributed by atoms with E-state index in [1.807, 2.05) is 6.07 Å². The summed E-state index contributed by atoms with van der Waals surface area (Å²) in [6.45, 7) is 0.172. The molecular weight excluding hydrogens is 381 g/mol. The second-order valence-electron chi connectivity index (χ2n) is 6.40. The second kappa shape index (κ2) is 6.65. The fourth-order valence-electron chi connectivity index (χ4n) is 3.27. The number of para-hydroxylation sites is 2. The topological polar surface area (TPSA) is 63.4 Å². The normalized spacial score (nSPS) is 18.9. The highest BCUT2D eigenvalue weighted by atomic mass is 32.2. The Morgan fingerprint density at radius 3 is 2.63 bits per heavy atom. The van der Waals surface area contributed by atoms with Gasteiger partial charge in [0.1, 0.15) is 10.4 Å². The average Bonchev–Trinajstić information content (AvgIpc) is 3.10. The maximum Gasteiger partial charge on any atom is 0.246 e. The molecule has 2 aromatic carbocycles. The third-order valence-corrected chi connectivity index (χ3v) is 6.54. The predicted octanol–water partition coefficient (Wildman–Crippen LogP) is 3.81. The molecule has 27 heavy (non-hydrogen) atoms. The van der Waals surface area contributed by atoms with Gasteiger partial charge in [-0.15, -0.1) is 0 Å². The Hall–Kier alpha value is -2.39. The highest BCUT2D eigenvalue weighted by Crippen LogP contribution is 2.32. The summed E-state index contributed by atoms with van der Waals surface area (Å²) >= 11 is 0. The molecule has 1 aliphatic rings. The Balaban J connectivity index is 1.65. The van der Waals surface area contributed by atoms with E-state index in [0.717, 1.165) is 10.4 Å². The summed E-state index contributed by atoms with van der Waals surface area (Å²) in [7, 11) is -4.32. The summed E-state index contributed by atoms with van der Waals surface area (Å²) in [4.78, 5) is 3.52. The van der Waals surface area contributed by atoms with Crippen molar-refractivity contribution in [3.05, 3.63) is 59.7 Å². The molecule has 9 heteroatoms. The zero-order chi connectivity index (χ0) is 19.2. The van der Waals surface area contributed by atoms with E-state index in [0.29, 0.717) is 35.9 Å². The summed E-state index contributed by atoms with van der Waals surface area (Å²) < 4.78 is 73.0. The number of aromatic nitrogens is 1. The van der Waals surface area contributed by atoms with Crippen LogP contribution in [-0.4, -0.2) is 30.8 Å². The van der Waals surface area contributed by atoms with Gasteiger partial charge in [0.05, 0.1) is 0 Å². The minimum absolute atomic E-state index is 0.0214. The van der Waals surface area contributed by atoms with E-state index in [2.05, 4.69) is 4.98 Å². The minimum atomic E-state index is -4.32. The number of fused-ring (bicyclic) bond motifs is 1. The van der Waals surface area contributed by atoms with Crippen molar-refractivity contribution < 1.29 is 26.0 Å². The zero-order valence-electron chi connectivity index (χ0n) is 14.0. The molecule has 1 atom stereocenters. The molecule has 0 aliphatic carbocycles. The van der Waals surface area contributed by atoms with Crippen molar-refractivity contribution in [3.63, 3.8) is 0 Å². The number of rotatable bonds is 3. The zero-order valence-corrected chi connectivity index (χ0v) is 14.8. The van der Waals surface area contributed by atoms with Gasteiger partial charge in [-0.25, -0.2) is 26.6 Å². The molecule has 0 amide bonds. The van der Waals surface area contributed by atoms with Crippen LogP contribution in [0.5, 0.6) is 0 Å². The van der Waals surface area contributed by atoms with Crippen molar-refractivity contribution in [3.8, 4) is 0 Å². The molecule has 3 aromatic rings. The Morgan fingerprint density at radius 1 is 1.07 bits per heavy atom. The Morgan fingerprint density at radius 2 is 1.85 bits per heavy atom. The third-order valence-electron chi connectivity index (χ3n) is 4.66. The van der Waals surface area contributed by atoms with Crippen molar-refractivity contribution >= 4 is 21.1 Å². The number of benzene rings is 2. The second-order valence-corrected chi connectivity index (χ2v) is 8.30. The van der Waals surface area contributed by atoms with Gasteiger partial charge in [-0.2, -0.15) is 4.31 Å². The maximum atomic E-state index is 14.0. The first kappa shape index (κ1) is 18.0. The van der Waals surface area contributed by atoms with Gasteiger partial charge in [-0.1, -0.05) is 12.1 Å². The van der Waals surface area contributed by atoms with Gasteiger partial charge in [0, 0.05) is 19.0 Å². The van der Waals surface area contributed by atoms with Crippen molar-refractivity contribution in [1.29, 1.82) is 0 Å². The van der Waals surface area contributed by atoms with Gasteiger partial charge in [0.15, 0.2) is 28.9 Å². The van der Waals surface area contributed by atoms with E-state index < -0.39 is 32.4 Å². The molecule has 1 fully saturated rings. The Bertz CT molecular complexity index is 1080. The molecule has 0 spiro atoms. The fourth-order valence-corrected chi connectivity index (χ4v) is 4.85. The van der Waals surface area contributed by atoms with Crippen LogP contribution in [0.25, 0.3) is 11.1 Å². The molecule has 5 nitrogen and oxygen atoms in total. The Labute approximate surface area is 153 Å². The fraction of sp³-hybridized carbons (Fsp3) is 0.278. The van der Waals surface area contributed by atoms with Gasteiger partial charge in [-0.05, 0) is 37.1 Å². The summed E-state index contributed by atoms with van der Waals surface area (Å²) in [5, 5.41) is 0. The number of hydrogen-bond donors (Lipinski definition) is 0. The van der Waals surface area contributed by atoms with E-state index in [4.69, 9.17) is 4.42 Å². The van der Waals surface area contributed by atoms with E-state index in [-0.39, 0.29) is 19.0 Å². The molecule has 1 aromatic heterocycles. The van der Waals surface area contributed by atoms with Crippen LogP contribution in [0.2, 0.25) is 0 Å². The standard InChI is InChI=1S/C18H15F3N2O3S/c19-12-7-8-15(17(21)16(12)20)27(24,25)23-9-3-4-11(10-23)18-22-13-5-1-2-6-14(13)26-18/h1-2,5-8,11H,3-4,9-10H2/t11-/m0/s1. The molecule has 0 radical (unpaired) electrons. The molecule has 0 saturated carbocycles. The molecule has 1 saturated heterocycles. The first-order chi connectivity index (χ1) is 12.9. The van der Waals surface area contributed by atoms with Crippen LogP contribution < -0.4 is 0 Å². The maximum absolute atomic E-state index is 14.0. The molecule has 0 bridgehead atoms. The van der Waals surface area contributed by atoms with Crippen LogP contribution in [0, 0.1) is 17.5 Å². The van der Waals surface area contributed by atoms with Crippen molar-refractivity contribution in [1.82, 2.24) is 9.29 Å². The van der Waals surface area contributed by atoms with Crippen molar-refractivity contribution in [2.75, 3.05) is 13.1 Å². The first-order valence-corrected chi connectivity index (χ1v) is 9.81. The molecular formula is C18H15F3N2O3S. The van der Waals surface area contributed by atoms with Crippen LogP contribution in [0.15, 0.2) is 45.7 Å². The van der Waals surface area contributed by atoms with Crippen LogP contribution >= 0.6 is 0 Å². The number of hydrogen-bond acceptors (Lipinski definition) is 4. The van der Waals surface area contributed by atoms with E-state index in [1.165, 1.54) is 0 Å². The largest absolute Gasteiger partial charge is 0.440 e. The lowest BCUT2D eigenvalue weighted by Crippen LogP contribution is -2.39. The van der Waals surface area contributed by atoms with Crippen molar-refractivity contribution in [2.45, 2.75) is 23.7 Å². The number of sulfonamides is 1. The minimum Gasteiger partial charge on any atom is -0.440 e. The van der Waals surface area contributed by atoms with Crippen LogP contribution in [-0.2, 0) is 10.0 Å². The molecule has 0 N–H and O–H groups in total. The molecule has 1 aliphatic heterocycles. The lowest BCUT2D eigenvalue weighted by Gasteiger charge is -2.30. The summed E-state index contributed by atoms with van der Waals surface area (Å²) in [6.07, 6.45) is 1.16. The van der Waals surface area contributed by atoms with Gasteiger partial charge < -0.3 is 4.42 Å². The smallest absolute Gasteiger partial charge is 0.246 e. The summed E-state index contributed by atoms with van der Waals surface area (Å²) in [5.41, 5.74) is 1.26. The number of nitrogens with zero attached hydrogens (tertiary/aromatic N) is 2. The monoisotopic (exact) mass is 396 g/mol. The quantitative estimate of drug-likeness (QED) is 0.632. The highest BCUT2D eigenvalue weighted by molar-refractivity contribution is 7.89. The molecule has 4 rings (SSSR count). The number of halogens is 3. The van der Waals surface area contributed by atoms with Crippen molar-refractivity contribution in [2.24, 2.45) is 0 Å². The van der Waals surface area contributed by atoms with E-state index in [1.54, 1.807) is 18.2 Å². The number of piperidine rings is 1. The SMILES string of the molecule is O=S(=O)(c1ccc(F)c(F)c1F)N1CCC[C@H](c2nc3ccccc3o2)C1. The molecule has 2 heterocycles. The number of oxazole rings is 1. The molecule has 0 unspecified atom stereocenters. The summed E-state index contributed by atoms with van der Waals surface area (Å²) in [6, 6.07) is 8.52. The lowest BCUT2D eigenvalue weighted by molar-refractivity contribution is 0.287. The van der Waals surface area contributed by atoms with Gasteiger partial charge in [0.2, 0.25) is 10.0 Å². The van der Waals surface area contributed by atoms with Crippen LogP contribution in [0.1, 0.15) is 24.7 Å². The van der Waals surface area contributed by atoms with Crippen LogP contribution in [0.3, 0.4) is 0 Å². The third kappa shape index (κ3) is 3.10. The van der Waals surface area contributed by atoms with Gasteiger partial charge in [-0.3, -0.25) is 0 Å².